The van der Waals surface area contributed by atoms with Crippen molar-refractivity contribution in [3.63, 3.8) is 0 Å². The Morgan fingerprint density at radius 2 is 1.56 bits per heavy atom. The Labute approximate surface area is 468 Å². The zero-order chi connectivity index (χ0) is 57.4. The van der Waals surface area contributed by atoms with Gasteiger partial charge in [0.25, 0.3) is 11.8 Å². The van der Waals surface area contributed by atoms with E-state index in [2.05, 4.69) is 42.0 Å². The number of fused-ring (bicyclic) bond motifs is 1. The van der Waals surface area contributed by atoms with Gasteiger partial charge in [0.2, 0.25) is 23.6 Å². The van der Waals surface area contributed by atoms with Crippen LogP contribution in [0.3, 0.4) is 0 Å². The Kier molecular flexibility index (Phi) is 20.4. The lowest BCUT2D eigenvalue weighted by Gasteiger charge is -2.39. The van der Waals surface area contributed by atoms with Gasteiger partial charge in [-0.1, -0.05) is 77.8 Å². The highest BCUT2D eigenvalue weighted by molar-refractivity contribution is 6.13. The van der Waals surface area contributed by atoms with Crippen LogP contribution in [0.5, 0.6) is 11.6 Å². The van der Waals surface area contributed by atoms with Crippen molar-refractivity contribution in [2.45, 2.75) is 143 Å². The number of pyridine rings is 3. The maximum absolute atomic E-state index is 13.5. The van der Waals surface area contributed by atoms with Crippen LogP contribution in [0.1, 0.15) is 161 Å². The van der Waals surface area contributed by atoms with Crippen molar-refractivity contribution in [3.05, 3.63) is 113 Å². The van der Waals surface area contributed by atoms with E-state index in [1.807, 2.05) is 57.4 Å². The van der Waals surface area contributed by atoms with Gasteiger partial charge in [0.15, 0.2) is 5.78 Å². The first-order valence-corrected chi connectivity index (χ1v) is 27.7. The number of aromatic nitrogens is 5. The van der Waals surface area contributed by atoms with E-state index in [9.17, 15) is 39.1 Å². The number of amides is 4. The summed E-state index contributed by atoms with van der Waals surface area (Å²) in [7, 11) is 0. The highest BCUT2D eigenvalue weighted by atomic mass is 16.5. The number of rotatable bonds is 26. The van der Waals surface area contributed by atoms with Crippen LogP contribution in [0.15, 0.2) is 85.5 Å². The molecule has 80 heavy (non-hydrogen) atoms. The number of nitrogens with zero attached hydrogens (tertiary/aromatic N) is 9. The minimum atomic E-state index is -1.09. The highest BCUT2D eigenvalue weighted by Gasteiger charge is 2.45. The molecule has 4 N–H and O–H groups in total. The zero-order valence-corrected chi connectivity index (χ0v) is 46.8. The molecule has 20 nitrogen and oxygen atoms in total. The molecule has 0 unspecified atom stereocenters. The molecular weight excluding hydrogens is 1020 g/mol. The monoisotopic (exact) mass is 1090 g/mol. The third-order valence-electron chi connectivity index (χ3n) is 14.5. The number of unbranched alkanes of at least 4 members (excludes halogenated alkanes) is 8. The number of carbonyl (C=O) groups excluding carboxylic acids is 5. The molecule has 1 saturated heterocycles. The number of carboxylic acids is 1. The number of benzene rings is 1. The second kappa shape index (κ2) is 27.5. The smallest absolute Gasteiger partial charge is 0.326 e. The third kappa shape index (κ3) is 16.1. The molecule has 20 heteroatoms. The van der Waals surface area contributed by atoms with Crippen molar-refractivity contribution in [3.8, 4) is 29.0 Å². The SMILES string of the molecule is C[C@@H]1CN(c2ncc(-c3ccc4c(n3)N(Cc3cccnc3C#N)C(C)(C)C4=O)cn2)CCN1C(=O)CNC(=O)CCCCCCCCCCCNC(=O)c1cccc(Oc2ccc(C(=O)N[C@@H](CCC(C)(C)C)C(=O)O)cn2)c1. The van der Waals surface area contributed by atoms with E-state index in [0.717, 1.165) is 57.8 Å². The summed E-state index contributed by atoms with van der Waals surface area (Å²) in [6.45, 7) is 14.0. The molecule has 422 valence electrons. The summed E-state index contributed by atoms with van der Waals surface area (Å²) >= 11 is 0. The third-order valence-corrected chi connectivity index (χ3v) is 14.5. The van der Waals surface area contributed by atoms with Gasteiger partial charge in [-0.05, 0) is 94.3 Å². The first-order valence-electron chi connectivity index (χ1n) is 27.7. The number of Topliss-reactive ketones (excluding diaryl/α,β-unsaturated/α-hetero) is 1. The van der Waals surface area contributed by atoms with Gasteiger partial charge in [-0.25, -0.2) is 29.7 Å². The standard InChI is InChI=1S/C60H74N12O8/c1-40-38-70(58-66-35-44(36-67-58)47-24-23-46-53(75)60(5,6)72(54(46)68-47)39-43-19-17-29-62-49(43)33-61)30-31-71(40)52(74)37-64-50(73)21-14-12-10-8-7-9-11-13-15-28-63-55(76)41-18-16-20-45(32-41)80-51-25-22-42(34-65-51)56(77)69-48(57(78)79)26-27-59(2,3)4/h16-20,22-25,29,32,34-36,40,48H,7-15,21,26-28,30-31,37-39H2,1-6H3,(H,63,76)(H,64,73)(H,69,77)(H,78,79)/t40-,48+/m1/s1. The molecule has 2 atom stereocenters. The minimum absolute atomic E-state index is 0.0477. The zero-order valence-electron chi connectivity index (χ0n) is 46.8. The maximum Gasteiger partial charge on any atom is 0.326 e. The summed E-state index contributed by atoms with van der Waals surface area (Å²) in [5.41, 5.74) is 2.50. The van der Waals surface area contributed by atoms with E-state index in [-0.39, 0.29) is 59.5 Å². The number of anilines is 2. The van der Waals surface area contributed by atoms with E-state index < -0.39 is 23.5 Å². The molecule has 1 fully saturated rings. The number of carbonyl (C=O) groups is 6. The number of carboxylic acid groups (broad SMARTS) is 1. The molecule has 2 aliphatic rings. The summed E-state index contributed by atoms with van der Waals surface area (Å²) in [6, 6.07) is 17.9. The van der Waals surface area contributed by atoms with Crippen LogP contribution in [0.4, 0.5) is 11.8 Å². The van der Waals surface area contributed by atoms with Crippen LogP contribution in [0, 0.1) is 16.7 Å². The Balaban J connectivity index is 0.718. The number of ketones is 1. The van der Waals surface area contributed by atoms with Gasteiger partial charge in [-0.3, -0.25) is 24.0 Å². The molecular formula is C60H74N12O8. The fourth-order valence-electron chi connectivity index (χ4n) is 9.73. The lowest BCUT2D eigenvalue weighted by molar-refractivity contribution is -0.139. The first kappa shape index (κ1) is 59.3. The van der Waals surface area contributed by atoms with E-state index in [0.29, 0.717) is 96.6 Å². The van der Waals surface area contributed by atoms with Gasteiger partial charge < -0.3 is 40.5 Å². The van der Waals surface area contributed by atoms with Crippen molar-refractivity contribution in [2.24, 2.45) is 5.41 Å². The maximum atomic E-state index is 13.5. The summed E-state index contributed by atoms with van der Waals surface area (Å²) in [6.07, 6.45) is 16.6. The number of nitrogens with one attached hydrogen (secondary N) is 3. The van der Waals surface area contributed by atoms with E-state index in [1.54, 1.807) is 66.0 Å². The number of hydrogen-bond donors (Lipinski definition) is 4. The molecule has 0 saturated carbocycles. The van der Waals surface area contributed by atoms with Crippen LogP contribution < -0.4 is 30.5 Å². The van der Waals surface area contributed by atoms with E-state index >= 15 is 0 Å². The summed E-state index contributed by atoms with van der Waals surface area (Å²) in [4.78, 5) is 105. The van der Waals surface area contributed by atoms with Crippen LogP contribution in [-0.2, 0) is 20.9 Å². The van der Waals surface area contributed by atoms with Gasteiger partial charge in [0.1, 0.15) is 29.4 Å². The Bertz CT molecular complexity index is 3030. The molecule has 6 heterocycles. The predicted molar refractivity (Wildman–Crippen MR) is 302 cm³/mol. The molecule has 4 amide bonds. The number of piperazine rings is 1. The second-order valence-electron chi connectivity index (χ2n) is 22.3. The Morgan fingerprint density at radius 3 is 2.24 bits per heavy atom. The van der Waals surface area contributed by atoms with E-state index in [4.69, 9.17) is 9.72 Å². The van der Waals surface area contributed by atoms with Gasteiger partial charge in [0.05, 0.1) is 28.9 Å². The number of aliphatic carboxylic acids is 1. The highest BCUT2D eigenvalue weighted by Crippen LogP contribution is 2.40. The quantitative estimate of drug-likeness (QED) is 0.0378. The predicted octanol–water partition coefficient (Wildman–Crippen LogP) is 8.47. The lowest BCUT2D eigenvalue weighted by Crippen LogP contribution is -2.56. The first-order chi connectivity index (χ1) is 38.3. The molecule has 4 aromatic heterocycles. The van der Waals surface area contributed by atoms with Gasteiger partial charge >= 0.3 is 5.97 Å². The van der Waals surface area contributed by atoms with Crippen molar-refractivity contribution in [2.75, 3.05) is 42.5 Å². The molecule has 1 aromatic carbocycles. The van der Waals surface area contributed by atoms with Gasteiger partial charge in [-0.15, -0.1) is 0 Å². The Hall–Kier alpha value is -8.34. The van der Waals surface area contributed by atoms with Gasteiger partial charge in [0, 0.05) is 92.7 Å². The second-order valence-corrected chi connectivity index (χ2v) is 22.3. The van der Waals surface area contributed by atoms with E-state index in [1.165, 1.54) is 18.3 Å². The number of hydrogen-bond acceptors (Lipinski definition) is 15. The molecule has 7 rings (SSSR count). The summed E-state index contributed by atoms with van der Waals surface area (Å²) in [5, 5.41) is 27.6. The average Bonchev–Trinajstić information content (AvgIpc) is 3.67. The van der Waals surface area contributed by atoms with Crippen LogP contribution in [0.2, 0.25) is 0 Å². The average molecular weight is 1090 g/mol. The minimum Gasteiger partial charge on any atom is -0.480 e. The van der Waals surface area contributed by atoms with Crippen molar-refractivity contribution in [1.82, 2.24) is 45.8 Å². The van der Waals surface area contributed by atoms with Crippen LogP contribution >= 0.6 is 0 Å². The summed E-state index contributed by atoms with van der Waals surface area (Å²) in [5.74, 6) is -0.467. The lowest BCUT2D eigenvalue weighted by atomic mass is 9.88. The van der Waals surface area contributed by atoms with Crippen molar-refractivity contribution < 1.29 is 38.6 Å². The molecule has 0 aliphatic carbocycles. The summed E-state index contributed by atoms with van der Waals surface area (Å²) < 4.78 is 5.84. The fraction of sp³-hybridized carbons (Fsp3) is 0.467. The fourth-order valence-corrected chi connectivity index (χ4v) is 9.73. The molecule has 2 aliphatic heterocycles. The number of ether oxygens (including phenoxy) is 1. The normalized spacial score (nSPS) is 15.1. The molecule has 5 aromatic rings. The van der Waals surface area contributed by atoms with Crippen molar-refractivity contribution in [1.29, 1.82) is 5.26 Å². The van der Waals surface area contributed by atoms with Gasteiger partial charge in [-0.2, -0.15) is 5.26 Å². The largest absolute Gasteiger partial charge is 0.480 e. The van der Waals surface area contributed by atoms with Crippen molar-refractivity contribution >= 4 is 47.1 Å². The topological polar surface area (TPSA) is 266 Å². The Morgan fingerprint density at radius 1 is 0.838 bits per heavy atom. The number of nitriles is 1. The van der Waals surface area contributed by atoms with Crippen LogP contribution in [0.25, 0.3) is 11.3 Å². The molecule has 0 spiro atoms. The molecule has 0 bridgehead atoms. The molecule has 0 radical (unpaired) electrons. The van der Waals surface area contributed by atoms with Crippen LogP contribution in [-0.4, -0.2) is 121 Å².